The summed E-state index contributed by atoms with van der Waals surface area (Å²) < 4.78 is 41.7. The van der Waals surface area contributed by atoms with Gasteiger partial charge in [-0.3, -0.25) is 0 Å². The van der Waals surface area contributed by atoms with Gasteiger partial charge in [0.25, 0.3) is 0 Å². The predicted molar refractivity (Wildman–Crippen MR) is 109 cm³/mol. The van der Waals surface area contributed by atoms with Crippen molar-refractivity contribution in [2.75, 3.05) is 19.0 Å². The molecule has 1 aromatic rings. The van der Waals surface area contributed by atoms with Gasteiger partial charge in [-0.1, -0.05) is 70.4 Å². The molecule has 0 heterocycles. The monoisotopic (exact) mass is 466 g/mol. The molecule has 9 heteroatoms. The van der Waals surface area contributed by atoms with Gasteiger partial charge in [-0.25, -0.2) is 18.0 Å². The standard InChI is InChI=1S/C21H32O7S.K/c1-2-3-4-5-6-7-8-9-12-15-27-20(22)18-13-10-11-14-19(18)21(23)28-16-17-29(24,25)26;/h10-11,13-14H,2-9,12,15-17H2,1H3,(H,24,25,26);/q;+1/p-1. The van der Waals surface area contributed by atoms with Gasteiger partial charge in [-0.05, 0) is 18.6 Å². The number of rotatable bonds is 15. The van der Waals surface area contributed by atoms with Gasteiger partial charge < -0.3 is 14.0 Å². The van der Waals surface area contributed by atoms with Crippen LogP contribution in [0.1, 0.15) is 85.4 Å². The first-order valence-corrected chi connectivity index (χ1v) is 11.8. The number of benzene rings is 1. The molecule has 0 unspecified atom stereocenters. The Morgan fingerprint density at radius 3 is 1.70 bits per heavy atom. The maximum absolute atomic E-state index is 12.3. The molecule has 0 aliphatic rings. The number of ether oxygens (including phenoxy) is 2. The molecule has 0 bridgehead atoms. The van der Waals surface area contributed by atoms with Crippen molar-refractivity contribution in [3.05, 3.63) is 35.4 Å². The van der Waals surface area contributed by atoms with E-state index in [0.29, 0.717) is 0 Å². The van der Waals surface area contributed by atoms with Crippen molar-refractivity contribution in [1.82, 2.24) is 0 Å². The average Bonchev–Trinajstić information content (AvgIpc) is 2.68. The summed E-state index contributed by atoms with van der Waals surface area (Å²) in [6.07, 6.45) is 10.4. The summed E-state index contributed by atoms with van der Waals surface area (Å²) in [6.45, 7) is 1.91. The summed E-state index contributed by atoms with van der Waals surface area (Å²) in [6, 6.07) is 5.98. The van der Waals surface area contributed by atoms with Crippen molar-refractivity contribution >= 4 is 22.1 Å². The zero-order valence-corrected chi connectivity index (χ0v) is 22.0. The molecule has 0 amide bonds. The van der Waals surface area contributed by atoms with Gasteiger partial charge in [0.15, 0.2) is 0 Å². The largest absolute Gasteiger partial charge is 1.00 e. The summed E-state index contributed by atoms with van der Waals surface area (Å²) in [5.74, 6) is -2.32. The fourth-order valence-electron chi connectivity index (χ4n) is 2.81. The minimum atomic E-state index is -4.48. The number of unbranched alkanes of at least 4 members (excludes halogenated alkanes) is 8. The zero-order chi connectivity index (χ0) is 21.5. The number of hydrogen-bond donors (Lipinski definition) is 0. The van der Waals surface area contributed by atoms with Crippen LogP contribution < -0.4 is 51.4 Å². The van der Waals surface area contributed by atoms with Crippen molar-refractivity contribution < 1.29 is 83.4 Å². The van der Waals surface area contributed by atoms with Crippen LogP contribution in [0.15, 0.2) is 24.3 Å². The fraction of sp³-hybridized carbons (Fsp3) is 0.619. The molecule has 0 fully saturated rings. The third kappa shape index (κ3) is 13.9. The van der Waals surface area contributed by atoms with E-state index in [0.717, 1.165) is 19.3 Å². The predicted octanol–water partition coefficient (Wildman–Crippen LogP) is 1.08. The Balaban J connectivity index is 0.00000841. The van der Waals surface area contributed by atoms with Crippen LogP contribution in [-0.4, -0.2) is 43.9 Å². The van der Waals surface area contributed by atoms with Crippen LogP contribution in [0.3, 0.4) is 0 Å². The first kappa shape index (κ1) is 29.7. The first-order chi connectivity index (χ1) is 13.8. The third-order valence-corrected chi connectivity index (χ3v) is 5.08. The number of hydrogen-bond acceptors (Lipinski definition) is 7. The van der Waals surface area contributed by atoms with E-state index in [1.165, 1.54) is 50.7 Å². The van der Waals surface area contributed by atoms with E-state index in [-0.39, 0.29) is 69.1 Å². The second-order valence-corrected chi connectivity index (χ2v) is 8.43. The molecular weight excluding hydrogens is 435 g/mol. The van der Waals surface area contributed by atoms with Gasteiger partial charge in [0.05, 0.1) is 33.6 Å². The van der Waals surface area contributed by atoms with Gasteiger partial charge in [0.2, 0.25) is 0 Å². The van der Waals surface area contributed by atoms with Crippen LogP contribution in [0.2, 0.25) is 0 Å². The fourth-order valence-corrected chi connectivity index (χ4v) is 3.10. The Morgan fingerprint density at radius 1 is 0.800 bits per heavy atom. The molecule has 0 spiro atoms. The molecule has 0 radical (unpaired) electrons. The number of carbonyl (C=O) groups is 2. The van der Waals surface area contributed by atoms with E-state index < -0.39 is 34.4 Å². The van der Waals surface area contributed by atoms with E-state index in [2.05, 4.69) is 6.92 Å². The number of carbonyl (C=O) groups excluding carboxylic acids is 2. The van der Waals surface area contributed by atoms with Gasteiger partial charge >= 0.3 is 63.3 Å². The summed E-state index contributed by atoms with van der Waals surface area (Å²) in [4.78, 5) is 24.3. The van der Waals surface area contributed by atoms with E-state index >= 15 is 0 Å². The Kier molecular flexibility index (Phi) is 17.1. The van der Waals surface area contributed by atoms with Crippen LogP contribution in [0.4, 0.5) is 0 Å². The molecule has 0 aliphatic carbocycles. The molecule has 0 atom stereocenters. The Bertz CT molecular complexity index is 735. The maximum atomic E-state index is 12.3. The second kappa shape index (κ2) is 17.3. The molecule has 1 rings (SSSR count). The van der Waals surface area contributed by atoms with Crippen molar-refractivity contribution in [3.8, 4) is 0 Å². The minimum Gasteiger partial charge on any atom is -0.748 e. The SMILES string of the molecule is CCCCCCCCCCCOC(=O)c1ccccc1C(=O)OCCS(=O)(=O)[O-].[K+]. The Labute approximate surface area is 222 Å². The van der Waals surface area contributed by atoms with Crippen LogP contribution in [-0.2, 0) is 19.6 Å². The summed E-state index contributed by atoms with van der Waals surface area (Å²) in [7, 11) is -4.48. The van der Waals surface area contributed by atoms with E-state index in [9.17, 15) is 22.6 Å². The van der Waals surface area contributed by atoms with Gasteiger partial charge in [-0.15, -0.1) is 0 Å². The van der Waals surface area contributed by atoms with Gasteiger partial charge in [0, 0.05) is 0 Å². The van der Waals surface area contributed by atoms with Crippen LogP contribution in [0.25, 0.3) is 0 Å². The summed E-state index contributed by atoms with van der Waals surface area (Å²) >= 11 is 0. The quantitative estimate of drug-likeness (QED) is 0.165. The normalized spacial score (nSPS) is 10.9. The van der Waals surface area contributed by atoms with Crippen LogP contribution in [0.5, 0.6) is 0 Å². The van der Waals surface area contributed by atoms with Crippen molar-refractivity contribution in [2.24, 2.45) is 0 Å². The molecule has 1 aromatic carbocycles. The smallest absolute Gasteiger partial charge is 0.748 e. The minimum absolute atomic E-state index is 0. The molecule has 7 nitrogen and oxygen atoms in total. The van der Waals surface area contributed by atoms with E-state index in [1.54, 1.807) is 12.1 Å². The molecule has 0 aliphatic heterocycles. The maximum Gasteiger partial charge on any atom is 1.00 e. The average molecular weight is 467 g/mol. The Morgan fingerprint density at radius 2 is 1.23 bits per heavy atom. The number of esters is 2. The molecule has 164 valence electrons. The van der Waals surface area contributed by atoms with E-state index in [4.69, 9.17) is 9.47 Å². The van der Waals surface area contributed by atoms with Crippen molar-refractivity contribution in [2.45, 2.75) is 64.7 Å². The first-order valence-electron chi connectivity index (χ1n) is 10.2. The summed E-state index contributed by atoms with van der Waals surface area (Å²) in [5.41, 5.74) is 0.0336. The summed E-state index contributed by atoms with van der Waals surface area (Å²) in [5, 5.41) is 0. The van der Waals surface area contributed by atoms with Gasteiger partial charge in [-0.2, -0.15) is 0 Å². The Hall–Kier alpha value is -0.294. The van der Waals surface area contributed by atoms with Crippen molar-refractivity contribution in [3.63, 3.8) is 0 Å². The van der Waals surface area contributed by atoms with Gasteiger partial charge in [0.1, 0.15) is 6.61 Å². The molecule has 0 saturated carbocycles. The van der Waals surface area contributed by atoms with Crippen LogP contribution in [0, 0.1) is 0 Å². The second-order valence-electron chi connectivity index (χ2n) is 6.91. The zero-order valence-electron chi connectivity index (χ0n) is 18.1. The van der Waals surface area contributed by atoms with Crippen LogP contribution >= 0.6 is 0 Å². The van der Waals surface area contributed by atoms with E-state index in [1.807, 2.05) is 0 Å². The molecule has 0 saturated heterocycles. The third-order valence-electron chi connectivity index (χ3n) is 4.41. The topological polar surface area (TPSA) is 110 Å². The molecule has 0 N–H and O–H groups in total. The molecule has 0 aromatic heterocycles. The van der Waals surface area contributed by atoms with Crippen molar-refractivity contribution in [1.29, 1.82) is 0 Å². The molecule has 30 heavy (non-hydrogen) atoms. The molecular formula is C21H31KO7S.